The Hall–Kier alpha value is -2.76. The van der Waals surface area contributed by atoms with Crippen molar-refractivity contribution in [2.75, 3.05) is 20.3 Å². The zero-order valence-electron chi connectivity index (χ0n) is 17.8. The fourth-order valence-corrected chi connectivity index (χ4v) is 5.16. The first kappa shape index (κ1) is 20.2. The Labute approximate surface area is 182 Å². The van der Waals surface area contributed by atoms with E-state index in [-0.39, 0.29) is 17.3 Å². The van der Waals surface area contributed by atoms with E-state index >= 15 is 0 Å². The molecule has 0 saturated carbocycles. The number of nitrogens with one attached hydrogen (secondary N) is 1. The minimum Gasteiger partial charge on any atom is -0.481 e. The maximum absolute atomic E-state index is 12.9. The largest absolute Gasteiger partial charge is 0.481 e. The van der Waals surface area contributed by atoms with Gasteiger partial charge in [0.2, 0.25) is 5.88 Å². The molecule has 5 rings (SSSR count). The summed E-state index contributed by atoms with van der Waals surface area (Å²) in [6.45, 7) is 5.41. The van der Waals surface area contributed by atoms with Crippen LogP contribution >= 0.6 is 9.24 Å². The second-order valence-corrected chi connectivity index (χ2v) is 8.97. The topological polar surface area (TPSA) is 82.0 Å². The van der Waals surface area contributed by atoms with Gasteiger partial charge in [0.15, 0.2) is 0 Å². The van der Waals surface area contributed by atoms with E-state index in [1.165, 1.54) is 0 Å². The van der Waals surface area contributed by atoms with Crippen molar-refractivity contribution in [2.24, 2.45) is 0 Å². The molecule has 1 N–H and O–H groups in total. The first-order valence-electron chi connectivity index (χ1n) is 10.4. The molecule has 4 aromatic rings. The quantitative estimate of drug-likeness (QED) is 0.495. The Balaban J connectivity index is 1.74. The summed E-state index contributed by atoms with van der Waals surface area (Å²) in [5.74, 6) is 0.605. The minimum absolute atomic E-state index is 0.126. The third kappa shape index (κ3) is 3.24. The molecule has 7 nitrogen and oxygen atoms in total. The average molecular weight is 436 g/mol. The van der Waals surface area contributed by atoms with Gasteiger partial charge in [0.05, 0.1) is 42.4 Å². The summed E-state index contributed by atoms with van der Waals surface area (Å²) in [5.41, 5.74) is 5.91. The highest BCUT2D eigenvalue weighted by Gasteiger charge is 2.27. The SMILES string of the molecule is COc1ncc(C)c(-c2ccc3c(c2)[nH]c(=O)c2cnn([C@@H]4CCOCC4P)c23)c1C. The molecule has 1 aliphatic rings. The fraction of sp³-hybridized carbons (Fsp3) is 0.348. The number of aromatic nitrogens is 4. The van der Waals surface area contributed by atoms with Crippen molar-refractivity contribution in [3.63, 3.8) is 0 Å². The minimum atomic E-state index is -0.126. The van der Waals surface area contributed by atoms with E-state index in [9.17, 15) is 4.79 Å². The van der Waals surface area contributed by atoms with Gasteiger partial charge in [-0.25, -0.2) is 4.98 Å². The molecule has 0 amide bonds. The van der Waals surface area contributed by atoms with E-state index in [2.05, 4.69) is 36.4 Å². The molecule has 1 aromatic carbocycles. The van der Waals surface area contributed by atoms with Crippen molar-refractivity contribution < 1.29 is 9.47 Å². The van der Waals surface area contributed by atoms with E-state index in [4.69, 9.17) is 9.47 Å². The lowest BCUT2D eigenvalue weighted by molar-refractivity contribution is 0.0728. The van der Waals surface area contributed by atoms with Crippen molar-refractivity contribution in [1.82, 2.24) is 19.7 Å². The van der Waals surface area contributed by atoms with Gasteiger partial charge in [0, 0.05) is 29.4 Å². The van der Waals surface area contributed by atoms with E-state index in [0.29, 0.717) is 24.5 Å². The third-order valence-corrected chi connectivity index (χ3v) is 6.82. The molecule has 4 heterocycles. The molecule has 0 radical (unpaired) electrons. The Morgan fingerprint density at radius 2 is 2.10 bits per heavy atom. The zero-order valence-corrected chi connectivity index (χ0v) is 19.0. The van der Waals surface area contributed by atoms with Gasteiger partial charge in [-0.1, -0.05) is 12.1 Å². The third-order valence-electron chi connectivity index (χ3n) is 6.19. The van der Waals surface area contributed by atoms with Gasteiger partial charge in [-0.3, -0.25) is 9.48 Å². The van der Waals surface area contributed by atoms with Crippen molar-refractivity contribution in [3.05, 3.63) is 52.1 Å². The summed E-state index contributed by atoms with van der Waals surface area (Å²) in [5, 5.41) is 6.21. The molecule has 1 saturated heterocycles. The number of benzene rings is 1. The number of nitrogens with zero attached hydrogens (tertiary/aromatic N) is 3. The summed E-state index contributed by atoms with van der Waals surface area (Å²) in [6, 6.07) is 6.37. The summed E-state index contributed by atoms with van der Waals surface area (Å²) in [7, 11) is 4.49. The molecule has 0 bridgehead atoms. The molecule has 3 aromatic heterocycles. The van der Waals surface area contributed by atoms with Gasteiger partial charge < -0.3 is 14.5 Å². The lowest BCUT2D eigenvalue weighted by Gasteiger charge is -2.29. The molecule has 160 valence electrons. The van der Waals surface area contributed by atoms with Crippen LogP contribution in [0.15, 0.2) is 35.4 Å². The monoisotopic (exact) mass is 436 g/mol. The second-order valence-electron chi connectivity index (χ2n) is 8.11. The van der Waals surface area contributed by atoms with E-state index < -0.39 is 0 Å². The van der Waals surface area contributed by atoms with Crippen LogP contribution in [0.5, 0.6) is 5.88 Å². The highest BCUT2D eigenvalue weighted by atomic mass is 31.0. The van der Waals surface area contributed by atoms with Gasteiger partial charge >= 0.3 is 0 Å². The second kappa shape index (κ2) is 7.74. The van der Waals surface area contributed by atoms with Crippen molar-refractivity contribution >= 4 is 31.0 Å². The number of H-pyrrole nitrogens is 1. The maximum Gasteiger partial charge on any atom is 0.259 e. The van der Waals surface area contributed by atoms with Crippen LogP contribution in [0, 0.1) is 13.8 Å². The van der Waals surface area contributed by atoms with E-state index in [1.807, 2.05) is 30.8 Å². The summed E-state index contributed by atoms with van der Waals surface area (Å²) in [6.07, 6.45) is 4.36. The number of aryl methyl sites for hydroxylation is 1. The Morgan fingerprint density at radius 1 is 1.26 bits per heavy atom. The van der Waals surface area contributed by atoms with Gasteiger partial charge in [-0.2, -0.15) is 5.10 Å². The normalized spacial score (nSPS) is 19.2. The van der Waals surface area contributed by atoms with Crippen LogP contribution in [0.25, 0.3) is 32.9 Å². The van der Waals surface area contributed by atoms with Crippen LogP contribution in [0.4, 0.5) is 0 Å². The molecule has 31 heavy (non-hydrogen) atoms. The zero-order chi connectivity index (χ0) is 21.7. The smallest absolute Gasteiger partial charge is 0.259 e. The van der Waals surface area contributed by atoms with Crippen molar-refractivity contribution in [1.29, 1.82) is 0 Å². The van der Waals surface area contributed by atoms with Crippen LogP contribution in [-0.2, 0) is 4.74 Å². The first-order chi connectivity index (χ1) is 15.0. The van der Waals surface area contributed by atoms with Gasteiger partial charge in [-0.15, -0.1) is 9.24 Å². The van der Waals surface area contributed by atoms with Crippen LogP contribution < -0.4 is 10.3 Å². The molecular weight excluding hydrogens is 411 g/mol. The van der Waals surface area contributed by atoms with Gasteiger partial charge in [-0.05, 0) is 43.0 Å². The van der Waals surface area contributed by atoms with E-state index in [0.717, 1.165) is 45.1 Å². The molecule has 1 aliphatic heterocycles. The predicted octanol–water partition coefficient (Wildman–Crippen LogP) is 3.77. The molecule has 0 aliphatic carbocycles. The van der Waals surface area contributed by atoms with Crippen LogP contribution in [0.3, 0.4) is 0 Å². The number of fused-ring (bicyclic) bond motifs is 3. The number of methoxy groups -OCH3 is 1. The standard InChI is InChI=1S/C23H25N4O3P/c1-12-9-24-23(29-3)13(2)20(12)14-4-5-15-17(8-14)26-22(28)16-10-25-27(21(15)16)18-6-7-30-11-19(18)31/h4-5,8-10,18-19H,6-7,11,31H2,1-3H3,(H,26,28)/t18-,19?/m1/s1. The summed E-state index contributed by atoms with van der Waals surface area (Å²) in [4.78, 5) is 20.3. The molecule has 1 fully saturated rings. The maximum atomic E-state index is 12.9. The molecular formula is C23H25N4O3P. The first-order valence-corrected chi connectivity index (χ1v) is 11.0. The van der Waals surface area contributed by atoms with Gasteiger partial charge in [0.1, 0.15) is 0 Å². The predicted molar refractivity (Wildman–Crippen MR) is 125 cm³/mol. The molecule has 8 heteroatoms. The number of hydrogen-bond acceptors (Lipinski definition) is 5. The van der Waals surface area contributed by atoms with Crippen LogP contribution in [0.1, 0.15) is 23.6 Å². The average Bonchev–Trinajstić information content (AvgIpc) is 3.20. The number of rotatable bonds is 3. The number of ether oxygens (including phenoxy) is 2. The van der Waals surface area contributed by atoms with Gasteiger partial charge in [0.25, 0.3) is 5.56 Å². The fourth-order valence-electron chi connectivity index (χ4n) is 4.67. The number of hydrogen-bond donors (Lipinski definition) is 1. The Kier molecular flexibility index (Phi) is 5.03. The number of aromatic amines is 1. The Morgan fingerprint density at radius 3 is 2.87 bits per heavy atom. The Bertz CT molecular complexity index is 1360. The summed E-state index contributed by atoms with van der Waals surface area (Å²) < 4.78 is 13.0. The van der Waals surface area contributed by atoms with Crippen LogP contribution in [-0.4, -0.2) is 45.7 Å². The summed E-state index contributed by atoms with van der Waals surface area (Å²) >= 11 is 0. The lowest BCUT2D eigenvalue weighted by Crippen LogP contribution is -2.30. The molecule has 3 atom stereocenters. The van der Waals surface area contributed by atoms with E-state index in [1.54, 1.807) is 13.3 Å². The molecule has 2 unspecified atom stereocenters. The highest BCUT2D eigenvalue weighted by Crippen LogP contribution is 2.35. The van der Waals surface area contributed by atoms with Crippen LogP contribution in [0.2, 0.25) is 0 Å². The van der Waals surface area contributed by atoms with Crippen molar-refractivity contribution in [3.8, 4) is 17.0 Å². The van der Waals surface area contributed by atoms with Crippen molar-refractivity contribution in [2.45, 2.75) is 32.0 Å². The molecule has 0 spiro atoms. The number of pyridine rings is 2. The highest BCUT2D eigenvalue weighted by molar-refractivity contribution is 7.17. The lowest BCUT2D eigenvalue weighted by atomic mass is 9.96.